The SMILES string of the molecule is Cc1cc(N)ccc1NC(=O)c1cc(NC(=O)[C@H]2[C@H](c3cc(Cl)cc(Br)c3)C2(Cl)Cl)ccc1Cl. The zero-order chi connectivity index (χ0) is 24.8. The van der Waals surface area contributed by atoms with Gasteiger partial charge in [0.25, 0.3) is 5.91 Å². The van der Waals surface area contributed by atoms with Crippen molar-refractivity contribution in [3.63, 3.8) is 0 Å². The van der Waals surface area contributed by atoms with Crippen molar-refractivity contribution in [3.8, 4) is 0 Å². The van der Waals surface area contributed by atoms with Crippen LogP contribution >= 0.6 is 62.3 Å². The summed E-state index contributed by atoms with van der Waals surface area (Å²) in [5.74, 6) is -1.94. The second kappa shape index (κ2) is 9.59. The van der Waals surface area contributed by atoms with Gasteiger partial charge in [-0.3, -0.25) is 9.59 Å². The van der Waals surface area contributed by atoms with Gasteiger partial charge in [-0.15, -0.1) is 23.2 Å². The second-order valence-electron chi connectivity index (χ2n) is 8.05. The fraction of sp³-hybridized carbons (Fsp3) is 0.167. The Morgan fingerprint density at radius 3 is 2.41 bits per heavy atom. The first-order valence-corrected chi connectivity index (χ1v) is 12.4. The Kier molecular flexibility index (Phi) is 7.09. The van der Waals surface area contributed by atoms with Crippen LogP contribution in [-0.2, 0) is 4.79 Å². The Bertz CT molecular complexity index is 1300. The molecule has 5 nitrogen and oxygen atoms in total. The van der Waals surface area contributed by atoms with Crippen LogP contribution in [-0.4, -0.2) is 16.1 Å². The summed E-state index contributed by atoms with van der Waals surface area (Å²) in [6.45, 7) is 1.83. The van der Waals surface area contributed by atoms with Gasteiger partial charge in [-0.1, -0.05) is 39.1 Å². The van der Waals surface area contributed by atoms with Crippen molar-refractivity contribution >= 4 is 91.2 Å². The third kappa shape index (κ3) is 5.16. The number of nitrogen functional groups attached to an aromatic ring is 1. The third-order valence-corrected chi connectivity index (χ3v) is 7.50. The van der Waals surface area contributed by atoms with Crippen LogP contribution in [0.4, 0.5) is 17.1 Å². The van der Waals surface area contributed by atoms with E-state index in [0.717, 1.165) is 15.6 Å². The Labute approximate surface area is 225 Å². The number of halogens is 5. The van der Waals surface area contributed by atoms with E-state index in [4.69, 9.17) is 52.1 Å². The smallest absolute Gasteiger partial charge is 0.257 e. The molecule has 1 saturated carbocycles. The summed E-state index contributed by atoms with van der Waals surface area (Å²) < 4.78 is -0.525. The van der Waals surface area contributed by atoms with Gasteiger partial charge in [0.1, 0.15) is 4.33 Å². The lowest BCUT2D eigenvalue weighted by molar-refractivity contribution is -0.117. The van der Waals surface area contributed by atoms with Crippen LogP contribution < -0.4 is 16.4 Å². The molecule has 1 fully saturated rings. The Morgan fingerprint density at radius 1 is 1.00 bits per heavy atom. The van der Waals surface area contributed by atoms with Crippen LogP contribution in [0.3, 0.4) is 0 Å². The minimum Gasteiger partial charge on any atom is -0.399 e. The highest BCUT2D eigenvalue weighted by Gasteiger charge is 2.67. The maximum Gasteiger partial charge on any atom is 0.257 e. The van der Waals surface area contributed by atoms with Crippen molar-refractivity contribution in [1.82, 2.24) is 0 Å². The van der Waals surface area contributed by atoms with Gasteiger partial charge in [-0.05, 0) is 72.6 Å². The van der Waals surface area contributed by atoms with Crippen molar-refractivity contribution in [2.45, 2.75) is 17.2 Å². The second-order valence-corrected chi connectivity index (χ2v) is 11.2. The predicted molar refractivity (Wildman–Crippen MR) is 143 cm³/mol. The van der Waals surface area contributed by atoms with E-state index in [-0.39, 0.29) is 16.5 Å². The van der Waals surface area contributed by atoms with E-state index in [1.807, 2.05) is 13.0 Å². The van der Waals surface area contributed by atoms with Gasteiger partial charge in [-0.25, -0.2) is 0 Å². The quantitative estimate of drug-likeness (QED) is 0.210. The largest absolute Gasteiger partial charge is 0.399 e. The van der Waals surface area contributed by atoms with E-state index in [1.165, 1.54) is 12.1 Å². The summed E-state index contributed by atoms with van der Waals surface area (Å²) in [6, 6.07) is 15.1. The minimum atomic E-state index is -1.28. The molecule has 0 unspecified atom stereocenters. The molecule has 1 aliphatic rings. The zero-order valence-electron chi connectivity index (χ0n) is 17.6. The molecule has 0 saturated heterocycles. The average Bonchev–Trinajstić information content (AvgIpc) is 3.33. The highest BCUT2D eigenvalue weighted by molar-refractivity contribution is 9.10. The van der Waals surface area contributed by atoms with Crippen LogP contribution in [0.15, 0.2) is 59.1 Å². The number of hydrogen-bond donors (Lipinski definition) is 3. The van der Waals surface area contributed by atoms with Crippen molar-refractivity contribution in [2.24, 2.45) is 5.92 Å². The number of rotatable bonds is 5. The molecule has 2 atom stereocenters. The van der Waals surface area contributed by atoms with E-state index < -0.39 is 22.1 Å². The van der Waals surface area contributed by atoms with Crippen LogP contribution in [0.5, 0.6) is 0 Å². The van der Waals surface area contributed by atoms with E-state index >= 15 is 0 Å². The summed E-state index contributed by atoms with van der Waals surface area (Å²) in [7, 11) is 0. The highest BCUT2D eigenvalue weighted by Crippen LogP contribution is 2.65. The fourth-order valence-corrected chi connectivity index (χ4v) is 5.75. The topological polar surface area (TPSA) is 84.2 Å². The maximum absolute atomic E-state index is 13.0. The lowest BCUT2D eigenvalue weighted by Gasteiger charge is -2.12. The molecule has 0 spiro atoms. The van der Waals surface area contributed by atoms with Crippen LogP contribution in [0.2, 0.25) is 10.0 Å². The number of carbonyl (C=O) groups is 2. The van der Waals surface area contributed by atoms with Gasteiger partial charge in [-0.2, -0.15) is 0 Å². The van der Waals surface area contributed by atoms with E-state index in [0.29, 0.717) is 22.1 Å². The molecule has 0 aliphatic heterocycles. The Balaban J connectivity index is 1.52. The fourth-order valence-electron chi connectivity index (χ4n) is 3.84. The number of nitrogens with one attached hydrogen (secondary N) is 2. The Hall–Kier alpha value is -1.96. The van der Waals surface area contributed by atoms with Crippen molar-refractivity contribution < 1.29 is 9.59 Å². The van der Waals surface area contributed by atoms with E-state index in [1.54, 1.807) is 36.4 Å². The molecular weight excluding hydrogens is 584 g/mol. The lowest BCUT2D eigenvalue weighted by atomic mass is 10.1. The molecule has 0 heterocycles. The lowest BCUT2D eigenvalue weighted by Crippen LogP contribution is -2.18. The van der Waals surface area contributed by atoms with Crippen molar-refractivity contribution in [3.05, 3.63) is 85.8 Å². The van der Waals surface area contributed by atoms with Gasteiger partial charge in [0.2, 0.25) is 5.91 Å². The third-order valence-electron chi connectivity index (χ3n) is 5.56. The molecule has 10 heteroatoms. The molecule has 3 aromatic carbocycles. The molecule has 0 aromatic heterocycles. The van der Waals surface area contributed by atoms with Crippen LogP contribution in [0.25, 0.3) is 0 Å². The van der Waals surface area contributed by atoms with Gasteiger partial charge >= 0.3 is 0 Å². The van der Waals surface area contributed by atoms with E-state index in [9.17, 15) is 9.59 Å². The number of amides is 2. The molecule has 1 aliphatic carbocycles. The molecule has 4 rings (SSSR count). The summed E-state index contributed by atoms with van der Waals surface area (Å²) in [5, 5.41) is 6.34. The maximum atomic E-state index is 13.0. The van der Waals surface area contributed by atoms with Gasteiger partial charge in [0.15, 0.2) is 0 Å². The minimum absolute atomic E-state index is 0.199. The number of hydrogen-bond acceptors (Lipinski definition) is 3. The van der Waals surface area contributed by atoms with Crippen LogP contribution in [0, 0.1) is 12.8 Å². The number of aryl methyl sites for hydroxylation is 1. The summed E-state index contributed by atoms with van der Waals surface area (Å²) >= 11 is 28.7. The van der Waals surface area contributed by atoms with Crippen LogP contribution in [0.1, 0.15) is 27.4 Å². The number of anilines is 3. The summed E-state index contributed by atoms with van der Waals surface area (Å²) in [6.07, 6.45) is 0. The normalized spacial score (nSPS) is 18.3. The summed E-state index contributed by atoms with van der Waals surface area (Å²) in [4.78, 5) is 25.9. The first-order chi connectivity index (χ1) is 16.0. The highest BCUT2D eigenvalue weighted by atomic mass is 79.9. The summed E-state index contributed by atoms with van der Waals surface area (Å²) in [5.41, 5.74) is 9.11. The first-order valence-electron chi connectivity index (χ1n) is 10.1. The monoisotopic (exact) mass is 599 g/mol. The molecule has 0 radical (unpaired) electrons. The number of alkyl halides is 2. The van der Waals surface area contributed by atoms with Gasteiger partial charge in [0, 0.05) is 32.5 Å². The number of benzene rings is 3. The van der Waals surface area contributed by atoms with E-state index in [2.05, 4.69) is 26.6 Å². The zero-order valence-corrected chi connectivity index (χ0v) is 22.2. The average molecular weight is 602 g/mol. The first kappa shape index (κ1) is 25.1. The predicted octanol–water partition coefficient (Wildman–Crippen LogP) is 7.42. The molecular formula is C24H18BrCl4N3O2. The number of carbonyl (C=O) groups excluding carboxylic acids is 2. The molecule has 176 valence electrons. The molecule has 0 bridgehead atoms. The standard InChI is InChI=1S/C24H18BrCl4N3O2/c1-11-6-15(30)2-5-19(11)32-22(33)17-10-16(3-4-18(17)27)31-23(34)21-20(24(21,28)29)12-7-13(25)9-14(26)8-12/h2-10,20-21H,30H2,1H3,(H,31,34)(H,32,33)/t20-,21+/m0/s1. The molecule has 3 aromatic rings. The van der Waals surface area contributed by atoms with Gasteiger partial charge in [0.05, 0.1) is 16.5 Å². The number of nitrogens with two attached hydrogens (primary N) is 1. The molecule has 34 heavy (non-hydrogen) atoms. The van der Waals surface area contributed by atoms with Gasteiger partial charge < -0.3 is 16.4 Å². The molecule has 2 amide bonds. The Morgan fingerprint density at radius 2 is 1.74 bits per heavy atom. The molecule has 4 N–H and O–H groups in total. The van der Waals surface area contributed by atoms with Crippen molar-refractivity contribution in [2.75, 3.05) is 16.4 Å². The van der Waals surface area contributed by atoms with Crippen molar-refractivity contribution in [1.29, 1.82) is 0 Å².